The summed E-state index contributed by atoms with van der Waals surface area (Å²) < 4.78 is 12.4. The lowest BCUT2D eigenvalue weighted by atomic mass is 10.0. The quantitative estimate of drug-likeness (QED) is 0.581. The molecule has 31 heavy (non-hydrogen) atoms. The Hall–Kier alpha value is -2.87. The standard InChI is InChI=1S/C23H27N3O4S/c1-14-15(2)31-22-21(14)23(28)25(13-24-22)11-9-20(27)26-10-5-6-18(26)17-8-7-16(29-3)12-19(17)30-4/h7-8,12-13,18H,5-6,9-11H2,1-4H3/t18-/m1/s1. The maximum absolute atomic E-state index is 13.1. The second kappa shape index (κ2) is 8.70. The highest BCUT2D eigenvalue weighted by atomic mass is 32.1. The van der Waals surface area contributed by atoms with Gasteiger partial charge in [0.25, 0.3) is 5.56 Å². The lowest BCUT2D eigenvalue weighted by Gasteiger charge is -2.26. The highest BCUT2D eigenvalue weighted by Crippen LogP contribution is 2.39. The van der Waals surface area contributed by atoms with E-state index in [0.29, 0.717) is 18.5 Å². The molecule has 0 unspecified atom stereocenters. The van der Waals surface area contributed by atoms with Gasteiger partial charge in [-0.2, -0.15) is 0 Å². The number of methoxy groups -OCH3 is 2. The van der Waals surface area contributed by atoms with Gasteiger partial charge in [0, 0.05) is 36.0 Å². The molecule has 0 spiro atoms. The number of nitrogens with zero attached hydrogens (tertiary/aromatic N) is 3. The fourth-order valence-electron chi connectivity index (χ4n) is 4.27. The molecule has 0 N–H and O–H groups in total. The SMILES string of the molecule is COc1ccc([C@H]2CCCN2C(=O)CCn2cnc3sc(C)c(C)c3c2=O)c(OC)c1. The van der Waals surface area contributed by atoms with Gasteiger partial charge in [-0.15, -0.1) is 11.3 Å². The zero-order chi connectivity index (χ0) is 22.1. The first-order chi connectivity index (χ1) is 14.9. The summed E-state index contributed by atoms with van der Waals surface area (Å²) in [6.07, 6.45) is 3.63. The molecule has 1 fully saturated rings. The van der Waals surface area contributed by atoms with E-state index in [1.54, 1.807) is 25.1 Å². The fourth-order valence-corrected chi connectivity index (χ4v) is 5.26. The summed E-state index contributed by atoms with van der Waals surface area (Å²) in [5.41, 5.74) is 1.89. The Morgan fingerprint density at radius 3 is 2.81 bits per heavy atom. The van der Waals surface area contributed by atoms with E-state index in [1.807, 2.05) is 36.9 Å². The van der Waals surface area contributed by atoms with Gasteiger partial charge >= 0.3 is 0 Å². The second-order valence-electron chi connectivity index (χ2n) is 7.81. The molecule has 164 valence electrons. The van der Waals surface area contributed by atoms with Crippen LogP contribution in [-0.2, 0) is 11.3 Å². The minimum atomic E-state index is -0.0746. The number of carbonyl (C=O) groups excluding carboxylic acids is 1. The minimum absolute atomic E-state index is 0.0330. The van der Waals surface area contributed by atoms with Crippen LogP contribution < -0.4 is 15.0 Å². The molecule has 0 aliphatic carbocycles. The lowest BCUT2D eigenvalue weighted by molar-refractivity contribution is -0.132. The summed E-state index contributed by atoms with van der Waals surface area (Å²) in [6, 6.07) is 5.68. The average molecular weight is 442 g/mol. The first kappa shape index (κ1) is 21.4. The molecular weight excluding hydrogens is 414 g/mol. The summed E-state index contributed by atoms with van der Waals surface area (Å²) in [5.74, 6) is 1.47. The number of fused-ring (bicyclic) bond motifs is 1. The number of likely N-dealkylation sites (tertiary alicyclic amines) is 1. The number of aryl methyl sites for hydroxylation is 3. The Balaban J connectivity index is 1.52. The van der Waals surface area contributed by atoms with E-state index in [4.69, 9.17) is 9.47 Å². The largest absolute Gasteiger partial charge is 0.497 e. The number of amides is 1. The van der Waals surface area contributed by atoms with Crippen LogP contribution in [0.15, 0.2) is 29.3 Å². The van der Waals surface area contributed by atoms with Gasteiger partial charge < -0.3 is 14.4 Å². The maximum Gasteiger partial charge on any atom is 0.262 e. The van der Waals surface area contributed by atoms with E-state index in [0.717, 1.165) is 45.2 Å². The van der Waals surface area contributed by atoms with Crippen molar-refractivity contribution in [3.05, 3.63) is 50.9 Å². The molecule has 0 saturated carbocycles. The normalized spacial score (nSPS) is 16.1. The average Bonchev–Trinajstić information content (AvgIpc) is 3.37. The van der Waals surface area contributed by atoms with E-state index in [9.17, 15) is 9.59 Å². The van der Waals surface area contributed by atoms with Gasteiger partial charge in [-0.25, -0.2) is 4.98 Å². The summed E-state index contributed by atoms with van der Waals surface area (Å²) in [6.45, 7) is 4.96. The Morgan fingerprint density at radius 2 is 2.06 bits per heavy atom. The van der Waals surface area contributed by atoms with E-state index in [1.165, 1.54) is 11.3 Å². The number of benzene rings is 1. The van der Waals surface area contributed by atoms with E-state index < -0.39 is 0 Å². The van der Waals surface area contributed by atoms with Crippen molar-refractivity contribution in [3.63, 3.8) is 0 Å². The van der Waals surface area contributed by atoms with Crippen LogP contribution in [0.4, 0.5) is 0 Å². The first-order valence-corrected chi connectivity index (χ1v) is 11.2. The van der Waals surface area contributed by atoms with Crippen molar-refractivity contribution in [2.45, 2.75) is 45.7 Å². The second-order valence-corrected chi connectivity index (χ2v) is 9.01. The first-order valence-electron chi connectivity index (χ1n) is 10.4. The van der Waals surface area contributed by atoms with Crippen LogP contribution >= 0.6 is 11.3 Å². The van der Waals surface area contributed by atoms with Gasteiger partial charge in [0.1, 0.15) is 16.3 Å². The Labute approximate surface area is 185 Å². The van der Waals surface area contributed by atoms with Gasteiger partial charge in [0.05, 0.1) is 32.0 Å². The van der Waals surface area contributed by atoms with Crippen molar-refractivity contribution in [2.75, 3.05) is 20.8 Å². The molecule has 0 radical (unpaired) electrons. The van der Waals surface area contributed by atoms with Crippen LogP contribution in [0.5, 0.6) is 11.5 Å². The number of carbonyl (C=O) groups is 1. The number of rotatable bonds is 6. The fraction of sp³-hybridized carbons (Fsp3) is 0.435. The molecule has 1 aliphatic heterocycles. The molecule has 4 rings (SSSR count). The highest BCUT2D eigenvalue weighted by molar-refractivity contribution is 7.18. The van der Waals surface area contributed by atoms with Crippen LogP contribution in [0, 0.1) is 13.8 Å². The number of ether oxygens (including phenoxy) is 2. The molecule has 3 aromatic rings. The third kappa shape index (κ3) is 3.92. The molecule has 8 heteroatoms. The molecular formula is C23H27N3O4S. The van der Waals surface area contributed by atoms with Crippen LogP contribution in [-0.4, -0.2) is 41.1 Å². The predicted molar refractivity (Wildman–Crippen MR) is 121 cm³/mol. The number of hydrogen-bond donors (Lipinski definition) is 0. The zero-order valence-electron chi connectivity index (χ0n) is 18.3. The van der Waals surface area contributed by atoms with Crippen LogP contribution in [0.1, 0.15) is 41.3 Å². The van der Waals surface area contributed by atoms with Crippen molar-refractivity contribution in [1.29, 1.82) is 0 Å². The molecule has 1 amide bonds. The van der Waals surface area contributed by atoms with Gasteiger partial charge in [0.15, 0.2) is 0 Å². The Morgan fingerprint density at radius 1 is 1.26 bits per heavy atom. The third-order valence-corrected chi connectivity index (χ3v) is 7.21. The van der Waals surface area contributed by atoms with Gasteiger partial charge in [-0.3, -0.25) is 14.2 Å². The molecule has 1 saturated heterocycles. The Bertz CT molecular complexity index is 1180. The van der Waals surface area contributed by atoms with Crippen LogP contribution in [0.3, 0.4) is 0 Å². The van der Waals surface area contributed by atoms with Crippen LogP contribution in [0.25, 0.3) is 10.2 Å². The predicted octanol–water partition coefficient (Wildman–Crippen LogP) is 3.85. The van der Waals surface area contributed by atoms with Crippen molar-refractivity contribution in [2.24, 2.45) is 0 Å². The van der Waals surface area contributed by atoms with Crippen molar-refractivity contribution >= 4 is 27.5 Å². The smallest absolute Gasteiger partial charge is 0.262 e. The molecule has 3 heterocycles. The summed E-state index contributed by atoms with van der Waals surface area (Å²) in [4.78, 5) is 34.2. The van der Waals surface area contributed by atoms with Crippen LogP contribution in [0.2, 0.25) is 0 Å². The Kier molecular flexibility index (Phi) is 6.00. The number of thiophene rings is 1. The van der Waals surface area contributed by atoms with E-state index >= 15 is 0 Å². The van der Waals surface area contributed by atoms with Gasteiger partial charge in [-0.05, 0) is 44.4 Å². The molecule has 1 atom stereocenters. The number of hydrogen-bond acceptors (Lipinski definition) is 6. The van der Waals surface area contributed by atoms with Crippen molar-refractivity contribution in [3.8, 4) is 11.5 Å². The lowest BCUT2D eigenvalue weighted by Crippen LogP contribution is -2.32. The van der Waals surface area contributed by atoms with E-state index in [2.05, 4.69) is 4.98 Å². The summed E-state index contributed by atoms with van der Waals surface area (Å²) in [5, 5.41) is 0.666. The molecule has 0 bridgehead atoms. The molecule has 2 aromatic heterocycles. The topological polar surface area (TPSA) is 73.7 Å². The highest BCUT2D eigenvalue weighted by Gasteiger charge is 2.31. The number of aromatic nitrogens is 2. The summed E-state index contributed by atoms with van der Waals surface area (Å²) in [7, 11) is 3.25. The van der Waals surface area contributed by atoms with Gasteiger partial charge in [0.2, 0.25) is 5.91 Å². The maximum atomic E-state index is 13.1. The zero-order valence-corrected chi connectivity index (χ0v) is 19.1. The van der Waals surface area contributed by atoms with E-state index in [-0.39, 0.29) is 23.9 Å². The monoisotopic (exact) mass is 441 g/mol. The molecule has 1 aromatic carbocycles. The summed E-state index contributed by atoms with van der Waals surface area (Å²) >= 11 is 1.53. The molecule has 1 aliphatic rings. The third-order valence-electron chi connectivity index (χ3n) is 6.10. The van der Waals surface area contributed by atoms with Gasteiger partial charge in [-0.1, -0.05) is 0 Å². The van der Waals surface area contributed by atoms with Crippen molar-refractivity contribution < 1.29 is 14.3 Å². The van der Waals surface area contributed by atoms with Crippen molar-refractivity contribution in [1.82, 2.24) is 14.5 Å². The minimum Gasteiger partial charge on any atom is -0.497 e. The molecule has 7 nitrogen and oxygen atoms in total.